The van der Waals surface area contributed by atoms with Gasteiger partial charge < -0.3 is 35.9 Å². The Kier molecular flexibility index (Phi) is 8.66. The largest absolute Gasteiger partial charge is 0.481 e. The van der Waals surface area contributed by atoms with Crippen LogP contribution in [-0.4, -0.2) is 78.7 Å². The molecule has 0 aliphatic heterocycles. The highest BCUT2D eigenvalue weighted by Crippen LogP contribution is 2.35. The molecule has 0 aliphatic carbocycles. The molecule has 0 fully saturated rings. The van der Waals surface area contributed by atoms with Gasteiger partial charge in [0.05, 0.1) is 12.6 Å². The minimum atomic E-state index is -4.95. The molecule has 23 heavy (non-hydrogen) atoms. The van der Waals surface area contributed by atoms with Crippen LogP contribution in [0, 0.1) is 0 Å². The second-order valence-electron chi connectivity index (χ2n) is 4.56. The first-order valence-corrected chi connectivity index (χ1v) is 7.69. The number of carboxylic acids is 1. The Morgan fingerprint density at radius 3 is 2.04 bits per heavy atom. The van der Waals surface area contributed by atoms with E-state index in [1.807, 2.05) is 0 Å². The summed E-state index contributed by atoms with van der Waals surface area (Å²) in [6.07, 6.45) is -7.66. The molecule has 0 aromatic carbocycles. The minimum absolute atomic E-state index is 0.382. The van der Waals surface area contributed by atoms with Crippen LogP contribution >= 0.6 is 7.82 Å². The molecule has 0 radical (unpaired) electrons. The second-order valence-corrected chi connectivity index (χ2v) is 5.80. The van der Waals surface area contributed by atoms with E-state index >= 15 is 0 Å². The zero-order chi connectivity index (χ0) is 18.4. The summed E-state index contributed by atoms with van der Waals surface area (Å²) in [5.41, 5.74) is 5.28. The highest BCUT2D eigenvalue weighted by atomic mass is 31.2. The zero-order valence-electron chi connectivity index (χ0n) is 11.7. The van der Waals surface area contributed by atoms with Gasteiger partial charge >= 0.3 is 13.8 Å². The van der Waals surface area contributed by atoms with Gasteiger partial charge in [0.1, 0.15) is 18.3 Å². The van der Waals surface area contributed by atoms with Gasteiger partial charge in [-0.25, -0.2) is 4.57 Å². The van der Waals surface area contributed by atoms with Crippen molar-refractivity contribution in [2.45, 2.75) is 37.2 Å². The summed E-state index contributed by atoms with van der Waals surface area (Å²) >= 11 is 0. The molecule has 0 aliphatic rings. The Morgan fingerprint density at radius 2 is 1.61 bits per heavy atom. The van der Waals surface area contributed by atoms with Crippen LogP contribution in [0.3, 0.4) is 0 Å². The number of carbonyl (C=O) groups is 3. The van der Waals surface area contributed by atoms with Gasteiger partial charge in [0.25, 0.3) is 0 Å². The molecule has 0 spiro atoms. The van der Waals surface area contributed by atoms with E-state index < -0.39 is 62.7 Å². The van der Waals surface area contributed by atoms with Gasteiger partial charge in [0.15, 0.2) is 0 Å². The number of nitrogens with two attached hydrogens (primary N) is 1. The summed E-state index contributed by atoms with van der Waals surface area (Å²) in [5, 5.41) is 36.7. The average Bonchev–Trinajstić information content (AvgIpc) is 2.46. The number of aliphatic hydroxyl groups excluding tert-OH is 3. The summed E-state index contributed by atoms with van der Waals surface area (Å²) in [5.74, 6) is -4.20. The van der Waals surface area contributed by atoms with E-state index in [9.17, 15) is 34.3 Å². The molecular formula is C10H18NO11P. The molecule has 13 heteroatoms. The van der Waals surface area contributed by atoms with Crippen LogP contribution in [0.15, 0.2) is 0 Å². The third kappa shape index (κ3) is 8.25. The summed E-state index contributed by atoms with van der Waals surface area (Å²) in [4.78, 5) is 50.3. The van der Waals surface area contributed by atoms with Crippen LogP contribution in [0.1, 0.15) is 12.8 Å². The Morgan fingerprint density at radius 1 is 1.09 bits per heavy atom. The van der Waals surface area contributed by atoms with E-state index in [4.69, 9.17) is 20.6 Å². The van der Waals surface area contributed by atoms with Crippen molar-refractivity contribution in [2.24, 2.45) is 5.73 Å². The molecule has 8 N–H and O–H groups in total. The Balaban J connectivity index is 4.64. The minimum Gasteiger partial charge on any atom is -0.481 e. The second kappa shape index (κ2) is 9.15. The molecule has 0 bridgehead atoms. The van der Waals surface area contributed by atoms with Crippen molar-refractivity contribution >= 4 is 25.4 Å². The average molecular weight is 359 g/mol. The number of ketones is 2. The molecule has 0 rings (SSSR count). The first-order valence-electron chi connectivity index (χ1n) is 6.16. The lowest BCUT2D eigenvalue weighted by Crippen LogP contribution is -2.50. The first-order chi connectivity index (χ1) is 10.4. The standard InChI is InChI=1S/C10H18NO11P/c11-4(1-2-6(13)14)7(15)9(17)10(18)8(16)5(12)3-22-23(19,20)21/h4-5,8,10,12,16,18H,1-3,11H2,(H,13,14)(H2,19,20,21)/t4-,5+,8+,10+/m0/s1. The van der Waals surface area contributed by atoms with Crippen LogP contribution in [0.25, 0.3) is 0 Å². The number of carbonyl (C=O) groups excluding carboxylic acids is 2. The van der Waals surface area contributed by atoms with Crippen molar-refractivity contribution in [3.63, 3.8) is 0 Å². The molecule has 4 atom stereocenters. The number of aliphatic hydroxyl groups is 3. The van der Waals surface area contributed by atoms with Crippen LogP contribution in [-0.2, 0) is 23.5 Å². The number of phosphoric acid groups is 1. The molecule has 0 unspecified atom stereocenters. The molecule has 0 heterocycles. The maximum absolute atomic E-state index is 11.6. The highest BCUT2D eigenvalue weighted by molar-refractivity contribution is 7.46. The lowest BCUT2D eigenvalue weighted by molar-refractivity contribution is -0.150. The van der Waals surface area contributed by atoms with Crippen molar-refractivity contribution in [1.82, 2.24) is 0 Å². The smallest absolute Gasteiger partial charge is 0.469 e. The van der Waals surface area contributed by atoms with E-state index in [0.717, 1.165) is 0 Å². The molecule has 0 amide bonds. The third-order valence-corrected chi connectivity index (χ3v) is 3.13. The van der Waals surface area contributed by atoms with Gasteiger partial charge in [-0.3, -0.25) is 18.9 Å². The fourth-order valence-corrected chi connectivity index (χ4v) is 1.72. The van der Waals surface area contributed by atoms with E-state index in [2.05, 4.69) is 4.52 Å². The first kappa shape index (κ1) is 21.8. The number of hydrogen-bond donors (Lipinski definition) is 7. The van der Waals surface area contributed by atoms with E-state index in [1.54, 1.807) is 0 Å². The van der Waals surface area contributed by atoms with Gasteiger partial charge in [-0.15, -0.1) is 0 Å². The monoisotopic (exact) mass is 359 g/mol. The lowest BCUT2D eigenvalue weighted by Gasteiger charge is -2.22. The van der Waals surface area contributed by atoms with Crippen molar-refractivity contribution in [3.05, 3.63) is 0 Å². The summed E-state index contributed by atoms with van der Waals surface area (Å²) in [6, 6.07) is -1.52. The van der Waals surface area contributed by atoms with Crippen molar-refractivity contribution in [3.8, 4) is 0 Å². The maximum atomic E-state index is 11.6. The highest BCUT2D eigenvalue weighted by Gasteiger charge is 2.36. The number of carboxylic acid groups (broad SMARTS) is 1. The van der Waals surface area contributed by atoms with Crippen LogP contribution in [0.2, 0.25) is 0 Å². The van der Waals surface area contributed by atoms with Crippen LogP contribution in [0.5, 0.6) is 0 Å². The van der Waals surface area contributed by atoms with Crippen molar-refractivity contribution in [1.29, 1.82) is 0 Å². The van der Waals surface area contributed by atoms with Gasteiger partial charge in [0.2, 0.25) is 11.6 Å². The SMILES string of the molecule is N[C@@H](CCC(=O)O)C(=O)C(=O)[C@H](O)[C@H](O)[C@H](O)COP(=O)(O)O. The fraction of sp³-hybridized carbons (Fsp3) is 0.700. The lowest BCUT2D eigenvalue weighted by atomic mass is 9.97. The third-order valence-electron chi connectivity index (χ3n) is 2.65. The predicted octanol–water partition coefficient (Wildman–Crippen LogP) is -3.49. The molecule has 12 nitrogen and oxygen atoms in total. The maximum Gasteiger partial charge on any atom is 0.469 e. The Hall–Kier alpha value is -1.24. The molecule has 0 aromatic heterocycles. The van der Waals surface area contributed by atoms with Gasteiger partial charge in [-0.05, 0) is 6.42 Å². The Labute approximate surface area is 129 Å². The van der Waals surface area contributed by atoms with Crippen molar-refractivity contribution < 1.29 is 53.7 Å². The number of hydrogen-bond acceptors (Lipinski definition) is 9. The van der Waals surface area contributed by atoms with Gasteiger partial charge in [-0.2, -0.15) is 0 Å². The van der Waals surface area contributed by atoms with Crippen LogP contribution in [0.4, 0.5) is 0 Å². The Bertz CT molecular complexity index is 489. The number of Topliss-reactive ketones (excluding diaryl/α,β-unsaturated/α-hetero) is 2. The summed E-state index contributed by atoms with van der Waals surface area (Å²) in [7, 11) is -4.95. The van der Waals surface area contributed by atoms with E-state index in [1.165, 1.54) is 0 Å². The molecule has 0 saturated heterocycles. The van der Waals surface area contributed by atoms with Gasteiger partial charge in [0, 0.05) is 6.42 Å². The predicted molar refractivity (Wildman–Crippen MR) is 70.9 cm³/mol. The normalized spacial score (nSPS) is 17.1. The van der Waals surface area contributed by atoms with Crippen molar-refractivity contribution in [2.75, 3.05) is 6.61 Å². The van der Waals surface area contributed by atoms with Crippen LogP contribution < -0.4 is 5.73 Å². The molecule has 0 aromatic rings. The summed E-state index contributed by atoms with van der Waals surface area (Å²) in [6.45, 7) is -1.12. The number of rotatable bonds is 11. The topological polar surface area (TPSA) is 225 Å². The van der Waals surface area contributed by atoms with E-state index in [-0.39, 0.29) is 6.42 Å². The molecular weight excluding hydrogens is 341 g/mol. The molecule has 0 saturated carbocycles. The summed E-state index contributed by atoms with van der Waals surface area (Å²) < 4.78 is 14.3. The quantitative estimate of drug-likeness (QED) is 0.141. The number of aliphatic carboxylic acids is 1. The van der Waals surface area contributed by atoms with E-state index in [0.29, 0.717) is 0 Å². The van der Waals surface area contributed by atoms with Gasteiger partial charge in [-0.1, -0.05) is 0 Å². The number of phosphoric ester groups is 1. The molecule has 134 valence electrons. The zero-order valence-corrected chi connectivity index (χ0v) is 12.6. The fourth-order valence-electron chi connectivity index (χ4n) is 1.38.